The highest BCUT2D eigenvalue weighted by Gasteiger charge is 2.11. The van der Waals surface area contributed by atoms with E-state index in [-0.39, 0.29) is 17.9 Å². The zero-order chi connectivity index (χ0) is 13.8. The third-order valence-electron chi connectivity index (χ3n) is 3.22. The molecule has 0 amide bonds. The van der Waals surface area contributed by atoms with Crippen LogP contribution in [0.5, 0.6) is 0 Å². The zero-order valence-electron chi connectivity index (χ0n) is 11.0. The summed E-state index contributed by atoms with van der Waals surface area (Å²) < 4.78 is 13.2. The molecule has 0 aliphatic heterocycles. The molecule has 0 saturated heterocycles. The molecule has 0 aliphatic carbocycles. The Morgan fingerprint density at radius 2 is 1.58 bits per heavy atom. The Bertz CT molecular complexity index is 539. The van der Waals surface area contributed by atoms with Crippen LogP contribution >= 0.6 is 11.6 Å². The van der Waals surface area contributed by atoms with Crippen LogP contribution in [0.25, 0.3) is 0 Å². The molecule has 19 heavy (non-hydrogen) atoms. The largest absolute Gasteiger partial charge is 0.304 e. The number of rotatable bonds is 4. The smallest absolute Gasteiger partial charge is 0.123 e. The molecule has 2 aromatic rings. The van der Waals surface area contributed by atoms with E-state index in [2.05, 4.69) is 12.2 Å². The van der Waals surface area contributed by atoms with Gasteiger partial charge in [-0.25, -0.2) is 4.39 Å². The Hall–Kier alpha value is -1.38. The van der Waals surface area contributed by atoms with Gasteiger partial charge in [-0.2, -0.15) is 0 Å². The highest BCUT2D eigenvalue weighted by atomic mass is 35.5. The molecule has 0 heterocycles. The molecule has 100 valence electrons. The van der Waals surface area contributed by atoms with Gasteiger partial charge in [0.2, 0.25) is 0 Å². The van der Waals surface area contributed by atoms with Crippen LogP contribution < -0.4 is 5.32 Å². The van der Waals surface area contributed by atoms with Crippen molar-refractivity contribution in [2.24, 2.45) is 0 Å². The third kappa shape index (κ3) is 3.79. The predicted molar refractivity (Wildman–Crippen MR) is 77.8 cm³/mol. The fourth-order valence-electron chi connectivity index (χ4n) is 2.09. The van der Waals surface area contributed by atoms with Gasteiger partial charge in [-0.3, -0.25) is 0 Å². The summed E-state index contributed by atoms with van der Waals surface area (Å²) in [7, 11) is 0. The molecule has 2 rings (SSSR count). The van der Waals surface area contributed by atoms with E-state index >= 15 is 0 Å². The first-order valence-corrected chi connectivity index (χ1v) is 6.71. The van der Waals surface area contributed by atoms with Crippen LogP contribution in [-0.2, 0) is 0 Å². The van der Waals surface area contributed by atoms with Crippen LogP contribution in [0, 0.1) is 5.82 Å². The van der Waals surface area contributed by atoms with Crippen LogP contribution in [-0.4, -0.2) is 0 Å². The van der Waals surface area contributed by atoms with Gasteiger partial charge in [0.05, 0.1) is 0 Å². The van der Waals surface area contributed by atoms with Crippen molar-refractivity contribution < 1.29 is 4.39 Å². The Morgan fingerprint density at radius 1 is 0.947 bits per heavy atom. The van der Waals surface area contributed by atoms with Gasteiger partial charge < -0.3 is 5.32 Å². The van der Waals surface area contributed by atoms with Gasteiger partial charge in [0, 0.05) is 17.1 Å². The monoisotopic (exact) mass is 277 g/mol. The lowest BCUT2D eigenvalue weighted by molar-refractivity contribution is 0.492. The standard InChI is InChI=1S/C16H17ClFN/c1-11(13-6-8-15(17)9-7-13)19-12(2)14-4-3-5-16(18)10-14/h3-12,19H,1-2H3/t11?,12-/m1/s1. The van der Waals surface area contributed by atoms with Gasteiger partial charge in [0.15, 0.2) is 0 Å². The van der Waals surface area contributed by atoms with E-state index in [0.717, 1.165) is 16.1 Å². The van der Waals surface area contributed by atoms with Crippen LogP contribution in [0.15, 0.2) is 48.5 Å². The van der Waals surface area contributed by atoms with Gasteiger partial charge in [-0.1, -0.05) is 35.9 Å². The van der Waals surface area contributed by atoms with Crippen LogP contribution in [0.2, 0.25) is 5.02 Å². The van der Waals surface area contributed by atoms with Crippen molar-refractivity contribution in [2.45, 2.75) is 25.9 Å². The molecule has 0 bridgehead atoms. The summed E-state index contributed by atoms with van der Waals surface area (Å²) in [4.78, 5) is 0. The highest BCUT2D eigenvalue weighted by Crippen LogP contribution is 2.21. The summed E-state index contributed by atoms with van der Waals surface area (Å²) in [6.45, 7) is 4.11. The van der Waals surface area contributed by atoms with Crippen LogP contribution in [0.4, 0.5) is 4.39 Å². The molecule has 2 atom stereocenters. The molecule has 1 unspecified atom stereocenters. The predicted octanol–water partition coefficient (Wildman–Crippen LogP) is 4.89. The number of benzene rings is 2. The molecule has 2 aromatic carbocycles. The average Bonchev–Trinajstić information content (AvgIpc) is 2.39. The maximum atomic E-state index is 13.2. The van der Waals surface area contributed by atoms with Crippen molar-refractivity contribution in [1.82, 2.24) is 5.32 Å². The van der Waals surface area contributed by atoms with E-state index in [1.807, 2.05) is 37.3 Å². The SMILES string of the molecule is CC(N[C@H](C)c1cccc(F)c1)c1ccc(Cl)cc1. The number of hydrogen-bond acceptors (Lipinski definition) is 1. The summed E-state index contributed by atoms with van der Waals surface area (Å²) in [5.74, 6) is -0.203. The molecule has 3 heteroatoms. The summed E-state index contributed by atoms with van der Waals surface area (Å²) in [6.07, 6.45) is 0. The minimum Gasteiger partial charge on any atom is -0.304 e. The second kappa shape index (κ2) is 6.18. The van der Waals surface area contributed by atoms with Gasteiger partial charge >= 0.3 is 0 Å². The molecule has 0 spiro atoms. The molecule has 0 radical (unpaired) electrons. The Balaban J connectivity index is 2.06. The lowest BCUT2D eigenvalue weighted by atomic mass is 10.0. The molecule has 0 fully saturated rings. The van der Waals surface area contributed by atoms with Crippen molar-refractivity contribution in [2.75, 3.05) is 0 Å². The zero-order valence-corrected chi connectivity index (χ0v) is 11.8. The molecule has 1 N–H and O–H groups in total. The fourth-order valence-corrected chi connectivity index (χ4v) is 2.22. The van der Waals surface area contributed by atoms with E-state index in [9.17, 15) is 4.39 Å². The summed E-state index contributed by atoms with van der Waals surface area (Å²) in [5, 5.41) is 4.18. The van der Waals surface area contributed by atoms with E-state index < -0.39 is 0 Å². The lowest BCUT2D eigenvalue weighted by Gasteiger charge is -2.21. The Morgan fingerprint density at radius 3 is 2.21 bits per heavy atom. The maximum Gasteiger partial charge on any atom is 0.123 e. The minimum absolute atomic E-state index is 0.0846. The molecule has 0 aliphatic rings. The van der Waals surface area contributed by atoms with E-state index in [1.165, 1.54) is 6.07 Å². The highest BCUT2D eigenvalue weighted by molar-refractivity contribution is 6.30. The molecular formula is C16H17ClFN. The van der Waals surface area contributed by atoms with E-state index in [1.54, 1.807) is 12.1 Å². The Kier molecular flexibility index (Phi) is 4.56. The lowest BCUT2D eigenvalue weighted by Crippen LogP contribution is -2.22. The van der Waals surface area contributed by atoms with Crippen molar-refractivity contribution in [1.29, 1.82) is 0 Å². The van der Waals surface area contributed by atoms with E-state index in [4.69, 9.17) is 11.6 Å². The molecule has 1 nitrogen and oxygen atoms in total. The van der Waals surface area contributed by atoms with Crippen molar-refractivity contribution in [3.63, 3.8) is 0 Å². The summed E-state index contributed by atoms with van der Waals surface area (Å²) >= 11 is 5.87. The van der Waals surface area contributed by atoms with Crippen molar-refractivity contribution in [3.05, 3.63) is 70.5 Å². The van der Waals surface area contributed by atoms with E-state index in [0.29, 0.717) is 0 Å². The first-order valence-electron chi connectivity index (χ1n) is 6.33. The van der Waals surface area contributed by atoms with Crippen molar-refractivity contribution >= 4 is 11.6 Å². The van der Waals surface area contributed by atoms with Crippen LogP contribution in [0.1, 0.15) is 37.1 Å². The maximum absolute atomic E-state index is 13.2. The molecule has 0 aromatic heterocycles. The van der Waals surface area contributed by atoms with Gasteiger partial charge in [-0.15, -0.1) is 0 Å². The normalized spacial score (nSPS) is 14.1. The number of nitrogens with one attached hydrogen (secondary N) is 1. The topological polar surface area (TPSA) is 12.0 Å². The average molecular weight is 278 g/mol. The first-order chi connectivity index (χ1) is 9.06. The quantitative estimate of drug-likeness (QED) is 0.839. The molecule has 0 saturated carbocycles. The van der Waals surface area contributed by atoms with Gasteiger partial charge in [0.1, 0.15) is 5.82 Å². The third-order valence-corrected chi connectivity index (χ3v) is 3.47. The summed E-state index contributed by atoms with van der Waals surface area (Å²) in [6, 6.07) is 14.7. The number of halogens is 2. The number of hydrogen-bond donors (Lipinski definition) is 1. The van der Waals surface area contributed by atoms with Gasteiger partial charge in [-0.05, 0) is 49.2 Å². The second-order valence-electron chi connectivity index (χ2n) is 4.72. The van der Waals surface area contributed by atoms with Crippen LogP contribution in [0.3, 0.4) is 0 Å². The van der Waals surface area contributed by atoms with Gasteiger partial charge in [0.25, 0.3) is 0 Å². The Labute approximate surface area is 118 Å². The fraction of sp³-hybridized carbons (Fsp3) is 0.250. The molecular weight excluding hydrogens is 261 g/mol. The first kappa shape index (κ1) is 14.0. The summed E-state index contributed by atoms with van der Waals surface area (Å²) in [5.41, 5.74) is 2.11. The second-order valence-corrected chi connectivity index (χ2v) is 5.15. The van der Waals surface area contributed by atoms with Crippen molar-refractivity contribution in [3.8, 4) is 0 Å². The minimum atomic E-state index is -0.203.